The van der Waals surface area contributed by atoms with Crippen molar-refractivity contribution >= 4 is 16.8 Å². The number of hydrogen-bond donors (Lipinski definition) is 1. The molecule has 2 atom stereocenters. The number of para-hydroxylation sites is 1. The molecule has 0 radical (unpaired) electrons. The van der Waals surface area contributed by atoms with Gasteiger partial charge < -0.3 is 10.2 Å². The van der Waals surface area contributed by atoms with Gasteiger partial charge in [-0.25, -0.2) is 0 Å². The number of carbonyl (C=O) groups excluding carboxylic acids is 1. The average molecular weight is 283 g/mol. The Balaban J connectivity index is 2.03. The van der Waals surface area contributed by atoms with E-state index in [4.69, 9.17) is 0 Å². The van der Waals surface area contributed by atoms with E-state index >= 15 is 0 Å². The number of benzene rings is 1. The van der Waals surface area contributed by atoms with Crippen molar-refractivity contribution < 1.29 is 4.79 Å². The first-order valence-corrected chi connectivity index (χ1v) is 7.48. The van der Waals surface area contributed by atoms with Crippen LogP contribution >= 0.6 is 0 Å². The molecule has 4 heteroatoms. The van der Waals surface area contributed by atoms with Crippen LogP contribution in [0.15, 0.2) is 30.3 Å². The van der Waals surface area contributed by atoms with E-state index in [1.54, 1.807) is 0 Å². The van der Waals surface area contributed by atoms with Crippen molar-refractivity contribution in [3.63, 3.8) is 0 Å². The molecular formula is C17H21N3O. The molecule has 1 saturated heterocycles. The fraction of sp³-hybridized carbons (Fsp3) is 0.412. The number of piperazine rings is 1. The molecule has 4 nitrogen and oxygen atoms in total. The summed E-state index contributed by atoms with van der Waals surface area (Å²) in [5.74, 6) is 0.0829. The second-order valence-electron chi connectivity index (χ2n) is 5.81. The van der Waals surface area contributed by atoms with Crippen LogP contribution in [0.1, 0.15) is 29.9 Å². The third-order valence-electron chi connectivity index (χ3n) is 4.38. The fourth-order valence-corrected chi connectivity index (χ4v) is 2.92. The molecule has 0 bridgehead atoms. The van der Waals surface area contributed by atoms with E-state index in [1.807, 2.05) is 42.2 Å². The molecule has 110 valence electrons. The van der Waals surface area contributed by atoms with Gasteiger partial charge in [0.25, 0.3) is 5.91 Å². The number of amides is 1. The lowest BCUT2D eigenvalue weighted by atomic mass is 10.0. The van der Waals surface area contributed by atoms with Crippen LogP contribution < -0.4 is 5.32 Å². The highest BCUT2D eigenvalue weighted by molar-refractivity contribution is 6.05. The summed E-state index contributed by atoms with van der Waals surface area (Å²) >= 11 is 0. The number of pyridine rings is 1. The Morgan fingerprint density at radius 2 is 2.10 bits per heavy atom. The molecule has 1 aliphatic heterocycles. The number of aromatic nitrogens is 1. The topological polar surface area (TPSA) is 45.2 Å². The van der Waals surface area contributed by atoms with Crippen LogP contribution in [0.2, 0.25) is 0 Å². The fourth-order valence-electron chi connectivity index (χ4n) is 2.92. The lowest BCUT2D eigenvalue weighted by Crippen LogP contribution is -2.57. The number of rotatable bonds is 1. The van der Waals surface area contributed by atoms with Crippen LogP contribution in [-0.2, 0) is 0 Å². The van der Waals surface area contributed by atoms with Gasteiger partial charge in [-0.3, -0.25) is 9.78 Å². The van der Waals surface area contributed by atoms with Crippen molar-refractivity contribution in [2.75, 3.05) is 13.1 Å². The van der Waals surface area contributed by atoms with Gasteiger partial charge in [0.1, 0.15) is 0 Å². The molecule has 1 N–H and O–H groups in total. The molecule has 1 fully saturated rings. The average Bonchev–Trinajstić information content (AvgIpc) is 2.48. The third kappa shape index (κ3) is 2.51. The number of hydrogen-bond acceptors (Lipinski definition) is 3. The molecule has 2 unspecified atom stereocenters. The van der Waals surface area contributed by atoms with Gasteiger partial charge in [0.2, 0.25) is 0 Å². The predicted molar refractivity (Wildman–Crippen MR) is 84.4 cm³/mol. The molecule has 0 saturated carbocycles. The van der Waals surface area contributed by atoms with E-state index in [2.05, 4.69) is 24.1 Å². The lowest BCUT2D eigenvalue weighted by molar-refractivity contribution is 0.0605. The summed E-state index contributed by atoms with van der Waals surface area (Å²) in [5.41, 5.74) is 2.45. The van der Waals surface area contributed by atoms with E-state index in [1.165, 1.54) is 0 Å². The first-order valence-electron chi connectivity index (χ1n) is 7.48. The minimum atomic E-state index is 0.0829. The standard InChI is InChI=1S/C17H21N3O/c1-11-7-8-14-5-4-6-15(16(14)19-11)17(21)20-10-9-18-12(2)13(20)3/h4-8,12-13,18H,9-10H2,1-3H3. The molecule has 1 amide bonds. The highest BCUT2D eigenvalue weighted by Crippen LogP contribution is 2.21. The van der Waals surface area contributed by atoms with Gasteiger partial charge >= 0.3 is 0 Å². The number of nitrogens with one attached hydrogen (secondary N) is 1. The molecule has 2 aromatic rings. The summed E-state index contributed by atoms with van der Waals surface area (Å²) in [7, 11) is 0. The molecule has 0 aliphatic carbocycles. The molecule has 21 heavy (non-hydrogen) atoms. The maximum atomic E-state index is 12.9. The summed E-state index contributed by atoms with van der Waals surface area (Å²) in [6, 6.07) is 10.3. The maximum Gasteiger partial charge on any atom is 0.256 e. The molecule has 1 aliphatic rings. The van der Waals surface area contributed by atoms with Gasteiger partial charge in [0.15, 0.2) is 0 Å². The SMILES string of the molecule is Cc1ccc2cccc(C(=O)N3CCNC(C)C3C)c2n1. The molecule has 2 heterocycles. The van der Waals surface area contributed by atoms with Crippen LogP contribution in [0.5, 0.6) is 0 Å². The van der Waals surface area contributed by atoms with Gasteiger partial charge in [-0.2, -0.15) is 0 Å². The number of nitrogens with zero attached hydrogens (tertiary/aromatic N) is 2. The van der Waals surface area contributed by atoms with Gasteiger partial charge in [0, 0.05) is 36.3 Å². The number of carbonyl (C=O) groups is 1. The Bertz CT molecular complexity index is 683. The van der Waals surface area contributed by atoms with Crippen LogP contribution in [-0.4, -0.2) is 41.0 Å². The van der Waals surface area contributed by atoms with E-state index in [-0.39, 0.29) is 11.9 Å². The smallest absolute Gasteiger partial charge is 0.256 e. The highest BCUT2D eigenvalue weighted by Gasteiger charge is 2.29. The second-order valence-corrected chi connectivity index (χ2v) is 5.81. The van der Waals surface area contributed by atoms with Crippen molar-refractivity contribution in [2.45, 2.75) is 32.9 Å². The van der Waals surface area contributed by atoms with Gasteiger partial charge in [-0.05, 0) is 32.9 Å². The highest BCUT2D eigenvalue weighted by atomic mass is 16.2. The van der Waals surface area contributed by atoms with Crippen molar-refractivity contribution in [2.24, 2.45) is 0 Å². The zero-order chi connectivity index (χ0) is 15.0. The number of fused-ring (bicyclic) bond motifs is 1. The van der Waals surface area contributed by atoms with E-state index in [9.17, 15) is 4.79 Å². The van der Waals surface area contributed by atoms with Gasteiger partial charge in [0.05, 0.1) is 11.1 Å². The Morgan fingerprint density at radius 1 is 1.29 bits per heavy atom. The predicted octanol–water partition coefficient (Wildman–Crippen LogP) is 2.37. The molecule has 1 aromatic carbocycles. The summed E-state index contributed by atoms with van der Waals surface area (Å²) in [5, 5.41) is 4.42. The minimum Gasteiger partial charge on any atom is -0.333 e. The van der Waals surface area contributed by atoms with E-state index < -0.39 is 0 Å². The Kier molecular flexibility index (Phi) is 3.64. The van der Waals surface area contributed by atoms with Crippen molar-refractivity contribution in [1.82, 2.24) is 15.2 Å². The second kappa shape index (κ2) is 5.45. The molecular weight excluding hydrogens is 262 g/mol. The quantitative estimate of drug-likeness (QED) is 0.874. The summed E-state index contributed by atoms with van der Waals surface area (Å²) < 4.78 is 0. The third-order valence-corrected chi connectivity index (χ3v) is 4.38. The summed E-state index contributed by atoms with van der Waals surface area (Å²) in [4.78, 5) is 19.5. The van der Waals surface area contributed by atoms with Gasteiger partial charge in [-0.15, -0.1) is 0 Å². The van der Waals surface area contributed by atoms with Crippen LogP contribution in [0.25, 0.3) is 10.9 Å². The van der Waals surface area contributed by atoms with Crippen molar-refractivity contribution in [3.05, 3.63) is 41.6 Å². The van der Waals surface area contributed by atoms with E-state index in [0.717, 1.165) is 29.7 Å². The monoisotopic (exact) mass is 283 g/mol. The van der Waals surface area contributed by atoms with Crippen LogP contribution in [0.4, 0.5) is 0 Å². The Hall–Kier alpha value is -1.94. The zero-order valence-corrected chi connectivity index (χ0v) is 12.8. The van der Waals surface area contributed by atoms with Gasteiger partial charge in [-0.1, -0.05) is 18.2 Å². The van der Waals surface area contributed by atoms with E-state index in [0.29, 0.717) is 11.6 Å². The van der Waals surface area contributed by atoms with Crippen LogP contribution in [0, 0.1) is 6.92 Å². The summed E-state index contributed by atoms with van der Waals surface area (Å²) in [6.07, 6.45) is 0. The minimum absolute atomic E-state index is 0.0829. The largest absolute Gasteiger partial charge is 0.333 e. The Morgan fingerprint density at radius 3 is 2.90 bits per heavy atom. The molecule has 1 aromatic heterocycles. The Labute approximate surface area is 125 Å². The molecule has 0 spiro atoms. The maximum absolute atomic E-state index is 12.9. The lowest BCUT2D eigenvalue weighted by Gasteiger charge is -2.38. The van der Waals surface area contributed by atoms with Crippen LogP contribution in [0.3, 0.4) is 0 Å². The molecule has 3 rings (SSSR count). The number of aryl methyl sites for hydroxylation is 1. The van der Waals surface area contributed by atoms with Crippen molar-refractivity contribution in [1.29, 1.82) is 0 Å². The zero-order valence-electron chi connectivity index (χ0n) is 12.8. The summed E-state index contributed by atoms with van der Waals surface area (Å²) in [6.45, 7) is 7.76. The first-order chi connectivity index (χ1) is 10.1. The normalized spacial score (nSPS) is 22.5. The first kappa shape index (κ1) is 14.0. The van der Waals surface area contributed by atoms with Crippen molar-refractivity contribution in [3.8, 4) is 0 Å².